The van der Waals surface area contributed by atoms with E-state index in [1.165, 1.54) is 12.8 Å². The lowest BCUT2D eigenvalue weighted by molar-refractivity contribution is 0.102. The highest BCUT2D eigenvalue weighted by molar-refractivity contribution is 9.09. The summed E-state index contributed by atoms with van der Waals surface area (Å²) in [6, 6.07) is 5.34. The lowest BCUT2D eigenvalue weighted by Crippen LogP contribution is -2.00. The van der Waals surface area contributed by atoms with E-state index in [4.69, 9.17) is 11.6 Å². The number of hydrogen-bond donors (Lipinski definition) is 0. The molecule has 0 heterocycles. The highest BCUT2D eigenvalue weighted by Crippen LogP contribution is 2.27. The van der Waals surface area contributed by atoms with Crippen molar-refractivity contribution in [1.82, 2.24) is 0 Å². The molecule has 1 aromatic carbocycles. The number of hydrogen-bond acceptors (Lipinski definition) is 1. The summed E-state index contributed by atoms with van der Waals surface area (Å²) in [5.74, 6) is 6.80. The van der Waals surface area contributed by atoms with Gasteiger partial charge in [-0.05, 0) is 31.0 Å². The van der Waals surface area contributed by atoms with Crippen LogP contribution in [0.25, 0.3) is 0 Å². The number of halogens is 2. The van der Waals surface area contributed by atoms with Gasteiger partial charge < -0.3 is 0 Å². The minimum Gasteiger partial charge on any atom is -0.293 e. The molecule has 1 saturated carbocycles. The van der Waals surface area contributed by atoms with Crippen LogP contribution in [-0.2, 0) is 0 Å². The van der Waals surface area contributed by atoms with Crippen LogP contribution >= 0.6 is 27.5 Å². The summed E-state index contributed by atoms with van der Waals surface area (Å²) in [7, 11) is 0. The number of alkyl halides is 1. The Morgan fingerprint density at radius 1 is 1.50 bits per heavy atom. The minimum atomic E-state index is -0.00768. The average Bonchev–Trinajstić information content (AvgIpc) is 3.09. The molecule has 0 aliphatic heterocycles. The summed E-state index contributed by atoms with van der Waals surface area (Å²) >= 11 is 9.15. The maximum atomic E-state index is 11.5. The summed E-state index contributed by atoms with van der Waals surface area (Å²) in [6.45, 7) is 0. The number of rotatable bonds is 2. The smallest absolute Gasteiger partial charge is 0.174 e. The molecule has 0 N–H and O–H groups in total. The van der Waals surface area contributed by atoms with Crippen molar-refractivity contribution in [2.45, 2.75) is 12.8 Å². The predicted octanol–water partition coefficient (Wildman–Crippen LogP) is 3.68. The zero-order valence-corrected chi connectivity index (χ0v) is 10.9. The van der Waals surface area contributed by atoms with Crippen LogP contribution in [0.4, 0.5) is 0 Å². The van der Waals surface area contributed by atoms with Crippen molar-refractivity contribution >= 4 is 33.3 Å². The fraction of sp³-hybridized carbons (Fsp3) is 0.308. The normalized spacial score (nSPS) is 14.1. The highest BCUT2D eigenvalue weighted by Gasteiger charge is 2.17. The third-order valence-corrected chi connectivity index (χ3v) is 3.21. The monoisotopic (exact) mass is 296 g/mol. The van der Waals surface area contributed by atoms with E-state index in [1.807, 2.05) is 6.07 Å². The second-order valence-electron chi connectivity index (χ2n) is 3.80. The Bertz CT molecular complexity index is 480. The summed E-state index contributed by atoms with van der Waals surface area (Å²) in [5.41, 5.74) is 1.43. The maximum absolute atomic E-state index is 11.5. The molecule has 1 nitrogen and oxygen atoms in total. The van der Waals surface area contributed by atoms with E-state index < -0.39 is 0 Å². The van der Waals surface area contributed by atoms with Crippen LogP contribution in [0.1, 0.15) is 28.8 Å². The Morgan fingerprint density at radius 2 is 2.25 bits per heavy atom. The van der Waals surface area contributed by atoms with Crippen molar-refractivity contribution in [3.63, 3.8) is 0 Å². The topological polar surface area (TPSA) is 17.1 Å². The molecule has 0 radical (unpaired) electrons. The zero-order valence-electron chi connectivity index (χ0n) is 8.59. The van der Waals surface area contributed by atoms with E-state index in [1.54, 1.807) is 12.1 Å². The third-order valence-electron chi connectivity index (χ3n) is 2.39. The molecule has 1 aliphatic carbocycles. The number of carbonyl (C=O) groups excluding carboxylic acids is 1. The Hall–Kier alpha value is -0.780. The van der Waals surface area contributed by atoms with Gasteiger partial charge in [0.25, 0.3) is 0 Å². The summed E-state index contributed by atoms with van der Waals surface area (Å²) < 4.78 is 0. The molecule has 1 fully saturated rings. The molecule has 16 heavy (non-hydrogen) atoms. The van der Waals surface area contributed by atoms with Crippen LogP contribution in [0.3, 0.4) is 0 Å². The lowest BCUT2D eigenvalue weighted by atomic mass is 10.1. The molecule has 0 amide bonds. The van der Waals surface area contributed by atoms with Crippen LogP contribution in [0.5, 0.6) is 0 Å². The van der Waals surface area contributed by atoms with Crippen molar-refractivity contribution in [3.8, 4) is 11.8 Å². The number of carbonyl (C=O) groups is 1. The Labute approximate surface area is 108 Å². The summed E-state index contributed by atoms with van der Waals surface area (Å²) in [4.78, 5) is 11.5. The predicted molar refractivity (Wildman–Crippen MR) is 69.2 cm³/mol. The van der Waals surface area contributed by atoms with Gasteiger partial charge in [0.1, 0.15) is 0 Å². The molecule has 0 aromatic heterocycles. The molecule has 0 bridgehead atoms. The van der Waals surface area contributed by atoms with Crippen LogP contribution in [0, 0.1) is 17.8 Å². The number of ketones is 1. The van der Waals surface area contributed by atoms with Crippen molar-refractivity contribution in [2.75, 3.05) is 5.33 Å². The molecular formula is C13H10BrClO. The summed E-state index contributed by atoms with van der Waals surface area (Å²) in [6.07, 6.45) is 2.42. The van der Waals surface area contributed by atoms with Gasteiger partial charge in [-0.25, -0.2) is 0 Å². The van der Waals surface area contributed by atoms with E-state index in [9.17, 15) is 4.79 Å². The zero-order chi connectivity index (χ0) is 11.5. The third kappa shape index (κ3) is 2.87. The first-order valence-electron chi connectivity index (χ1n) is 5.11. The quantitative estimate of drug-likeness (QED) is 0.462. The van der Waals surface area contributed by atoms with Crippen molar-refractivity contribution < 1.29 is 4.79 Å². The molecule has 0 saturated heterocycles. The molecule has 82 valence electrons. The number of Topliss-reactive ketones (excluding diaryl/α,β-unsaturated/α-hetero) is 1. The van der Waals surface area contributed by atoms with Gasteiger partial charge in [0.05, 0.1) is 10.4 Å². The Kier molecular flexibility index (Phi) is 3.68. The van der Waals surface area contributed by atoms with Gasteiger partial charge in [0.2, 0.25) is 0 Å². The molecule has 3 heteroatoms. The van der Waals surface area contributed by atoms with Gasteiger partial charge in [-0.2, -0.15) is 0 Å². The largest absolute Gasteiger partial charge is 0.293 e. The van der Waals surface area contributed by atoms with Gasteiger partial charge in [0.15, 0.2) is 5.78 Å². The van der Waals surface area contributed by atoms with Crippen LogP contribution < -0.4 is 0 Å². The van der Waals surface area contributed by atoms with Gasteiger partial charge >= 0.3 is 0 Å². The Morgan fingerprint density at radius 3 is 2.81 bits per heavy atom. The van der Waals surface area contributed by atoms with Crippen LogP contribution in [-0.4, -0.2) is 11.1 Å². The fourth-order valence-electron chi connectivity index (χ4n) is 1.30. The van der Waals surface area contributed by atoms with Crippen LogP contribution in [0.2, 0.25) is 5.02 Å². The molecule has 0 spiro atoms. The molecule has 1 aliphatic rings. The van der Waals surface area contributed by atoms with Gasteiger partial charge in [0, 0.05) is 17.0 Å². The van der Waals surface area contributed by atoms with Crippen molar-refractivity contribution in [3.05, 3.63) is 34.3 Å². The Balaban J connectivity index is 2.22. The van der Waals surface area contributed by atoms with Crippen LogP contribution in [0.15, 0.2) is 18.2 Å². The molecule has 2 rings (SSSR count). The second-order valence-corrected chi connectivity index (χ2v) is 4.76. The fourth-order valence-corrected chi connectivity index (χ4v) is 1.89. The standard InChI is InChI=1S/C13H10BrClO/c14-8-13(16)11-6-5-10(7-12(11)15)4-3-9-1-2-9/h5-7,9H,1-2,8H2. The number of benzene rings is 1. The first kappa shape index (κ1) is 11.7. The first-order chi connectivity index (χ1) is 7.70. The second kappa shape index (κ2) is 5.03. The first-order valence-corrected chi connectivity index (χ1v) is 6.61. The SMILES string of the molecule is O=C(CBr)c1ccc(C#CC2CC2)cc1Cl. The molecular weight excluding hydrogens is 287 g/mol. The molecule has 0 atom stereocenters. The molecule has 1 aromatic rings. The van der Waals surface area contributed by atoms with E-state index in [2.05, 4.69) is 27.8 Å². The maximum Gasteiger partial charge on any atom is 0.174 e. The van der Waals surface area contributed by atoms with E-state index >= 15 is 0 Å². The summed E-state index contributed by atoms with van der Waals surface area (Å²) in [5, 5.41) is 0.770. The highest BCUT2D eigenvalue weighted by atomic mass is 79.9. The van der Waals surface area contributed by atoms with E-state index in [0.717, 1.165) is 5.56 Å². The van der Waals surface area contributed by atoms with Crippen molar-refractivity contribution in [2.24, 2.45) is 5.92 Å². The van der Waals surface area contributed by atoms with E-state index in [-0.39, 0.29) is 5.78 Å². The minimum absolute atomic E-state index is 0.00768. The average molecular weight is 298 g/mol. The van der Waals surface area contributed by atoms with Gasteiger partial charge in [-0.15, -0.1) is 0 Å². The lowest BCUT2D eigenvalue weighted by Gasteiger charge is -2.01. The molecule has 0 unspecified atom stereocenters. The van der Waals surface area contributed by atoms with E-state index in [0.29, 0.717) is 21.8 Å². The van der Waals surface area contributed by atoms with Gasteiger partial charge in [-0.1, -0.05) is 39.4 Å². The van der Waals surface area contributed by atoms with Crippen molar-refractivity contribution in [1.29, 1.82) is 0 Å². The van der Waals surface area contributed by atoms with Gasteiger partial charge in [-0.3, -0.25) is 4.79 Å².